The average Bonchev–Trinajstić information content (AvgIpc) is 2.53. The number of pyridine rings is 1. The molecule has 0 aromatic carbocycles. The second-order valence-electron chi connectivity index (χ2n) is 6.25. The van der Waals surface area contributed by atoms with E-state index in [2.05, 4.69) is 0 Å². The number of allylic oxidation sites excluding steroid dienone is 2. The third-order valence-electron chi connectivity index (χ3n) is 4.77. The van der Waals surface area contributed by atoms with Crippen LogP contribution in [0.5, 0.6) is 0 Å². The predicted octanol–water partition coefficient (Wildman–Crippen LogP) is 1.85. The van der Waals surface area contributed by atoms with Gasteiger partial charge in [0, 0.05) is 37.8 Å². The Labute approximate surface area is 134 Å². The molecule has 0 amide bonds. The highest BCUT2D eigenvalue weighted by Gasteiger charge is 2.56. The van der Waals surface area contributed by atoms with Crippen molar-refractivity contribution in [1.29, 1.82) is 0 Å². The Bertz CT molecular complexity index is 674. The molecule has 0 radical (unpaired) electrons. The van der Waals surface area contributed by atoms with Crippen molar-refractivity contribution in [3.8, 4) is 0 Å². The number of rotatable bonds is 3. The van der Waals surface area contributed by atoms with Crippen molar-refractivity contribution >= 4 is 17.3 Å². The third-order valence-corrected chi connectivity index (χ3v) is 4.77. The zero-order valence-corrected chi connectivity index (χ0v) is 13.0. The summed E-state index contributed by atoms with van der Waals surface area (Å²) in [5, 5.41) is 10.3. The molecule has 1 aromatic rings. The Hall–Kier alpha value is -2.30. The van der Waals surface area contributed by atoms with Crippen LogP contribution >= 0.6 is 0 Å². The number of hydrogen-bond acceptors (Lipinski definition) is 4. The minimum atomic E-state index is -1.52. The number of aliphatic hydroxyl groups is 1. The molecule has 2 aliphatic rings. The standard InChI is InChI=1S/C18H19NO4/c20-13-6-4-7-14(21)17(13)18(12-19-10-2-1-3-11-19)15(22)8-5-9-16(18)23/h1-3,10-11H,4-9,12H2/p+1. The van der Waals surface area contributed by atoms with Crippen molar-refractivity contribution in [3.63, 3.8) is 0 Å². The molecule has 1 N–H and O–H groups in total. The van der Waals surface area contributed by atoms with Crippen LogP contribution in [-0.4, -0.2) is 22.5 Å². The number of aliphatic hydroxyl groups excluding tert-OH is 1. The minimum absolute atomic E-state index is 0.0507. The highest BCUT2D eigenvalue weighted by atomic mass is 16.3. The number of hydrogen-bond donors (Lipinski definition) is 1. The molecule has 2 aliphatic carbocycles. The first kappa shape index (κ1) is 15.6. The van der Waals surface area contributed by atoms with E-state index in [1.165, 1.54) is 0 Å². The van der Waals surface area contributed by atoms with E-state index in [1.807, 2.05) is 18.2 Å². The fourth-order valence-electron chi connectivity index (χ4n) is 3.65. The van der Waals surface area contributed by atoms with Crippen LogP contribution in [0.3, 0.4) is 0 Å². The van der Waals surface area contributed by atoms with Crippen molar-refractivity contribution in [2.24, 2.45) is 5.41 Å². The number of aromatic nitrogens is 1. The van der Waals surface area contributed by atoms with Gasteiger partial charge in [0.15, 0.2) is 41.7 Å². The topological polar surface area (TPSA) is 75.3 Å². The lowest BCUT2D eigenvalue weighted by atomic mass is 9.64. The van der Waals surface area contributed by atoms with Crippen molar-refractivity contribution < 1.29 is 24.1 Å². The van der Waals surface area contributed by atoms with E-state index < -0.39 is 5.41 Å². The second kappa shape index (κ2) is 6.07. The van der Waals surface area contributed by atoms with Gasteiger partial charge in [0.2, 0.25) is 0 Å². The molecule has 5 nitrogen and oxygen atoms in total. The van der Waals surface area contributed by atoms with E-state index in [0.717, 1.165) is 0 Å². The molecule has 0 atom stereocenters. The van der Waals surface area contributed by atoms with Gasteiger partial charge in [-0.3, -0.25) is 14.4 Å². The number of nitrogens with zero attached hydrogens (tertiary/aromatic N) is 1. The Morgan fingerprint density at radius 1 is 0.913 bits per heavy atom. The normalized spacial score (nSPS) is 21.7. The molecule has 1 aromatic heterocycles. The molecule has 5 heteroatoms. The first-order valence-corrected chi connectivity index (χ1v) is 8.02. The molecular formula is C18H20NO4+. The molecule has 120 valence electrons. The maximum atomic E-state index is 12.8. The molecule has 3 rings (SSSR count). The van der Waals surface area contributed by atoms with E-state index in [1.54, 1.807) is 17.0 Å². The zero-order valence-electron chi connectivity index (χ0n) is 13.0. The summed E-state index contributed by atoms with van der Waals surface area (Å²) in [4.78, 5) is 38.0. The number of carbonyl (C=O) groups is 3. The molecule has 23 heavy (non-hydrogen) atoms. The molecular weight excluding hydrogens is 294 g/mol. The summed E-state index contributed by atoms with van der Waals surface area (Å²) in [5.74, 6) is -0.848. The summed E-state index contributed by atoms with van der Waals surface area (Å²) in [5.41, 5.74) is -1.47. The summed E-state index contributed by atoms with van der Waals surface area (Å²) in [7, 11) is 0. The zero-order chi connectivity index (χ0) is 16.4. The van der Waals surface area contributed by atoms with Gasteiger partial charge in [-0.1, -0.05) is 6.07 Å². The first-order chi connectivity index (χ1) is 11.1. The molecule has 1 saturated carbocycles. The highest BCUT2D eigenvalue weighted by Crippen LogP contribution is 2.42. The monoisotopic (exact) mass is 314 g/mol. The summed E-state index contributed by atoms with van der Waals surface area (Å²) in [6.45, 7) is 0.0800. The number of ketones is 3. The highest BCUT2D eigenvalue weighted by molar-refractivity contribution is 6.18. The molecule has 0 bridgehead atoms. The quantitative estimate of drug-likeness (QED) is 0.682. The Kier molecular flexibility index (Phi) is 4.11. The van der Waals surface area contributed by atoms with Gasteiger partial charge in [0.05, 0.1) is 5.57 Å². The fraction of sp³-hybridized carbons (Fsp3) is 0.444. The van der Waals surface area contributed by atoms with Crippen molar-refractivity contribution in [3.05, 3.63) is 41.9 Å². The van der Waals surface area contributed by atoms with Crippen LogP contribution in [0.4, 0.5) is 0 Å². The molecule has 0 saturated heterocycles. The lowest BCUT2D eigenvalue weighted by Crippen LogP contribution is -2.56. The first-order valence-electron chi connectivity index (χ1n) is 8.02. The van der Waals surface area contributed by atoms with Crippen LogP contribution in [-0.2, 0) is 20.9 Å². The molecule has 0 aliphatic heterocycles. The van der Waals surface area contributed by atoms with Crippen molar-refractivity contribution in [2.45, 2.75) is 45.1 Å². The van der Waals surface area contributed by atoms with E-state index >= 15 is 0 Å². The van der Waals surface area contributed by atoms with Gasteiger partial charge < -0.3 is 5.11 Å². The van der Waals surface area contributed by atoms with Crippen LogP contribution < -0.4 is 4.57 Å². The molecule has 0 unspecified atom stereocenters. The van der Waals surface area contributed by atoms with E-state index in [0.29, 0.717) is 19.3 Å². The second-order valence-corrected chi connectivity index (χ2v) is 6.25. The van der Waals surface area contributed by atoms with Gasteiger partial charge in [0.25, 0.3) is 0 Å². The van der Waals surface area contributed by atoms with Gasteiger partial charge in [-0.25, -0.2) is 4.57 Å². The van der Waals surface area contributed by atoms with Gasteiger partial charge in [-0.05, 0) is 12.8 Å². The van der Waals surface area contributed by atoms with Gasteiger partial charge in [-0.2, -0.15) is 0 Å². The van der Waals surface area contributed by atoms with E-state index in [4.69, 9.17) is 0 Å². The summed E-state index contributed by atoms with van der Waals surface area (Å²) >= 11 is 0. The smallest absolute Gasteiger partial charge is 0.177 e. The van der Waals surface area contributed by atoms with Crippen molar-refractivity contribution in [1.82, 2.24) is 0 Å². The van der Waals surface area contributed by atoms with Crippen LogP contribution in [0.15, 0.2) is 41.9 Å². The van der Waals surface area contributed by atoms with Crippen LogP contribution in [0, 0.1) is 5.41 Å². The van der Waals surface area contributed by atoms with Crippen LogP contribution in [0.1, 0.15) is 38.5 Å². The lowest BCUT2D eigenvalue weighted by molar-refractivity contribution is -0.703. The SMILES string of the molecule is O=C1CCCC(O)=C1C1(C[n+]2ccccc2)C(=O)CCCC1=O. The van der Waals surface area contributed by atoms with Gasteiger partial charge >= 0.3 is 0 Å². The molecule has 0 spiro atoms. The van der Waals surface area contributed by atoms with Crippen LogP contribution in [0.2, 0.25) is 0 Å². The summed E-state index contributed by atoms with van der Waals surface area (Å²) in [6.07, 6.45) is 5.77. The molecule has 1 fully saturated rings. The average molecular weight is 314 g/mol. The minimum Gasteiger partial charge on any atom is -0.512 e. The lowest BCUT2D eigenvalue weighted by Gasteiger charge is -2.35. The maximum Gasteiger partial charge on any atom is 0.177 e. The van der Waals surface area contributed by atoms with Crippen LogP contribution in [0.25, 0.3) is 0 Å². The van der Waals surface area contributed by atoms with Crippen molar-refractivity contribution in [2.75, 3.05) is 0 Å². The van der Waals surface area contributed by atoms with Gasteiger partial charge in [0.1, 0.15) is 5.76 Å². The van der Waals surface area contributed by atoms with E-state index in [-0.39, 0.29) is 54.5 Å². The van der Waals surface area contributed by atoms with Gasteiger partial charge in [-0.15, -0.1) is 0 Å². The Morgan fingerprint density at radius 3 is 2.13 bits per heavy atom. The third kappa shape index (κ3) is 2.60. The van der Waals surface area contributed by atoms with E-state index in [9.17, 15) is 19.5 Å². The largest absolute Gasteiger partial charge is 0.512 e. The number of carbonyl (C=O) groups excluding carboxylic acids is 3. The predicted molar refractivity (Wildman–Crippen MR) is 81.4 cm³/mol. The Balaban J connectivity index is 2.16. The summed E-state index contributed by atoms with van der Waals surface area (Å²) < 4.78 is 1.74. The summed E-state index contributed by atoms with van der Waals surface area (Å²) in [6, 6.07) is 5.46. The Morgan fingerprint density at radius 2 is 1.52 bits per heavy atom. The fourth-order valence-corrected chi connectivity index (χ4v) is 3.65. The maximum absolute atomic E-state index is 12.8. The molecule has 1 heterocycles. The number of Topliss-reactive ketones (excluding diaryl/α,β-unsaturated/α-hetero) is 3.